The third-order valence-corrected chi connectivity index (χ3v) is 5.67. The van der Waals surface area contributed by atoms with Gasteiger partial charge < -0.3 is 5.11 Å². The van der Waals surface area contributed by atoms with E-state index in [4.69, 9.17) is 5.11 Å². The maximum absolute atomic E-state index is 11.5. The minimum Gasteiger partial charge on any atom is -0.480 e. The van der Waals surface area contributed by atoms with Crippen molar-refractivity contribution in [1.82, 2.24) is 9.88 Å². The number of carboxylic acids is 1. The minimum atomic E-state index is -3.02. The molecular weight excluding hydrogens is 288 g/mol. The number of carbonyl (C=O) groups is 1. The van der Waals surface area contributed by atoms with E-state index in [2.05, 4.69) is 4.98 Å². The van der Waals surface area contributed by atoms with E-state index in [0.29, 0.717) is 13.0 Å². The van der Waals surface area contributed by atoms with Crippen LogP contribution in [0.5, 0.6) is 0 Å². The van der Waals surface area contributed by atoms with Gasteiger partial charge in [0.05, 0.1) is 28.8 Å². The normalized spacial score (nSPS) is 21.9. The number of aryl methyl sites for hydroxylation is 1. The molecule has 1 aromatic rings. The Balaban J connectivity index is 2.10. The molecule has 2 heterocycles. The van der Waals surface area contributed by atoms with Gasteiger partial charge in [-0.1, -0.05) is 0 Å². The van der Waals surface area contributed by atoms with Gasteiger partial charge in [-0.15, -0.1) is 11.3 Å². The van der Waals surface area contributed by atoms with Gasteiger partial charge in [0.2, 0.25) is 0 Å². The molecule has 1 unspecified atom stereocenters. The SMILES string of the molecule is Cc1nc(CN(CC(=O)O)C2CCS(=O)(=O)C2)cs1. The highest BCUT2D eigenvalue weighted by molar-refractivity contribution is 7.91. The van der Waals surface area contributed by atoms with Crippen LogP contribution in [0.3, 0.4) is 0 Å². The second-order valence-electron chi connectivity index (χ2n) is 4.71. The van der Waals surface area contributed by atoms with Gasteiger partial charge in [0, 0.05) is 18.0 Å². The Kier molecular flexibility index (Phi) is 4.22. The average Bonchev–Trinajstić information content (AvgIpc) is 2.83. The largest absolute Gasteiger partial charge is 0.480 e. The molecular formula is C11H16N2O4S2. The van der Waals surface area contributed by atoms with E-state index in [-0.39, 0.29) is 24.1 Å². The van der Waals surface area contributed by atoms with Gasteiger partial charge in [-0.3, -0.25) is 9.69 Å². The van der Waals surface area contributed by atoms with E-state index in [0.717, 1.165) is 10.7 Å². The van der Waals surface area contributed by atoms with Crippen molar-refractivity contribution in [1.29, 1.82) is 0 Å². The highest BCUT2D eigenvalue weighted by Crippen LogP contribution is 2.20. The van der Waals surface area contributed by atoms with Crippen LogP contribution in [0.1, 0.15) is 17.1 Å². The summed E-state index contributed by atoms with van der Waals surface area (Å²) in [6, 6.07) is -0.219. The van der Waals surface area contributed by atoms with Crippen molar-refractivity contribution in [3.8, 4) is 0 Å². The number of rotatable bonds is 5. The second-order valence-corrected chi connectivity index (χ2v) is 8.00. The summed E-state index contributed by atoms with van der Waals surface area (Å²) in [5.41, 5.74) is 0.799. The molecule has 6 nitrogen and oxygen atoms in total. The van der Waals surface area contributed by atoms with Crippen molar-refractivity contribution in [2.24, 2.45) is 0 Å². The second kappa shape index (κ2) is 5.56. The monoisotopic (exact) mass is 304 g/mol. The Morgan fingerprint density at radius 2 is 2.37 bits per heavy atom. The van der Waals surface area contributed by atoms with Crippen molar-refractivity contribution in [2.45, 2.75) is 25.9 Å². The van der Waals surface area contributed by atoms with Crippen LogP contribution in [0.4, 0.5) is 0 Å². The molecule has 1 aromatic heterocycles. The van der Waals surface area contributed by atoms with Gasteiger partial charge in [-0.25, -0.2) is 13.4 Å². The first-order valence-electron chi connectivity index (χ1n) is 5.93. The number of thiazole rings is 1. The maximum atomic E-state index is 11.5. The van der Waals surface area contributed by atoms with Crippen LogP contribution in [-0.2, 0) is 21.2 Å². The summed E-state index contributed by atoms with van der Waals surface area (Å²) in [5, 5.41) is 11.8. The minimum absolute atomic E-state index is 0.0450. The molecule has 1 aliphatic heterocycles. The molecule has 106 valence electrons. The number of carboxylic acid groups (broad SMARTS) is 1. The van der Waals surface area contributed by atoms with Crippen molar-refractivity contribution in [2.75, 3.05) is 18.1 Å². The van der Waals surface area contributed by atoms with Crippen molar-refractivity contribution in [3.63, 3.8) is 0 Å². The highest BCUT2D eigenvalue weighted by atomic mass is 32.2. The summed E-state index contributed by atoms with van der Waals surface area (Å²) in [4.78, 5) is 16.9. The maximum Gasteiger partial charge on any atom is 0.317 e. The molecule has 19 heavy (non-hydrogen) atoms. The molecule has 0 aromatic carbocycles. The molecule has 0 radical (unpaired) electrons. The molecule has 0 saturated carbocycles. The molecule has 0 amide bonds. The van der Waals surface area contributed by atoms with E-state index in [1.54, 1.807) is 4.90 Å². The Hall–Kier alpha value is -0.990. The third kappa shape index (κ3) is 3.99. The molecule has 1 fully saturated rings. The summed E-state index contributed by atoms with van der Waals surface area (Å²) in [5.74, 6) is -0.760. The van der Waals surface area contributed by atoms with Gasteiger partial charge in [0.15, 0.2) is 9.84 Å². The smallest absolute Gasteiger partial charge is 0.317 e. The van der Waals surface area contributed by atoms with Crippen LogP contribution in [0, 0.1) is 6.92 Å². The Labute approximate surface area is 116 Å². The van der Waals surface area contributed by atoms with Gasteiger partial charge >= 0.3 is 5.97 Å². The lowest BCUT2D eigenvalue weighted by molar-refractivity contribution is -0.139. The molecule has 1 N–H and O–H groups in total. The molecule has 2 rings (SSSR count). The fraction of sp³-hybridized carbons (Fsp3) is 0.636. The van der Waals surface area contributed by atoms with Crippen LogP contribution in [0.25, 0.3) is 0 Å². The van der Waals surface area contributed by atoms with E-state index in [1.807, 2.05) is 12.3 Å². The van der Waals surface area contributed by atoms with E-state index >= 15 is 0 Å². The van der Waals surface area contributed by atoms with Crippen molar-refractivity contribution >= 4 is 27.1 Å². The number of aliphatic carboxylic acids is 1. The molecule has 0 bridgehead atoms. The first-order valence-corrected chi connectivity index (χ1v) is 8.63. The van der Waals surface area contributed by atoms with E-state index in [9.17, 15) is 13.2 Å². The van der Waals surface area contributed by atoms with Crippen LogP contribution in [0.15, 0.2) is 5.38 Å². The highest BCUT2D eigenvalue weighted by Gasteiger charge is 2.33. The standard InChI is InChI=1S/C11H16N2O4S2/c1-8-12-9(6-18-8)4-13(5-11(14)15)10-2-3-19(16,17)7-10/h6,10H,2-5,7H2,1H3,(H,14,15). The summed E-state index contributed by atoms with van der Waals surface area (Å²) >= 11 is 1.50. The molecule has 1 atom stereocenters. The van der Waals surface area contributed by atoms with Crippen LogP contribution in [0.2, 0.25) is 0 Å². The zero-order valence-electron chi connectivity index (χ0n) is 10.6. The zero-order valence-corrected chi connectivity index (χ0v) is 12.2. The average molecular weight is 304 g/mol. The lowest BCUT2D eigenvalue weighted by Crippen LogP contribution is -2.39. The van der Waals surface area contributed by atoms with Crippen LogP contribution in [-0.4, -0.2) is 53.5 Å². The Morgan fingerprint density at radius 3 is 2.84 bits per heavy atom. The van der Waals surface area contributed by atoms with Gasteiger partial charge in [0.1, 0.15) is 0 Å². The Bertz CT molecular complexity index is 567. The third-order valence-electron chi connectivity index (χ3n) is 3.09. The summed E-state index contributed by atoms with van der Waals surface area (Å²) < 4.78 is 23.0. The first kappa shape index (κ1) is 14.4. The topological polar surface area (TPSA) is 87.6 Å². The molecule has 0 spiro atoms. The Morgan fingerprint density at radius 1 is 1.63 bits per heavy atom. The summed E-state index contributed by atoms with van der Waals surface area (Å²) in [7, 11) is -3.02. The molecule has 0 aliphatic carbocycles. The lowest BCUT2D eigenvalue weighted by Gasteiger charge is -2.25. The predicted molar refractivity (Wildman–Crippen MR) is 72.0 cm³/mol. The number of aromatic nitrogens is 1. The van der Waals surface area contributed by atoms with Gasteiger partial charge in [-0.05, 0) is 13.3 Å². The summed E-state index contributed by atoms with van der Waals surface area (Å²) in [6.45, 7) is 2.11. The van der Waals surface area contributed by atoms with Crippen molar-refractivity contribution < 1.29 is 18.3 Å². The fourth-order valence-corrected chi connectivity index (χ4v) is 4.61. The van der Waals surface area contributed by atoms with Gasteiger partial charge in [-0.2, -0.15) is 0 Å². The quantitative estimate of drug-likeness (QED) is 0.853. The van der Waals surface area contributed by atoms with Gasteiger partial charge in [0.25, 0.3) is 0 Å². The van der Waals surface area contributed by atoms with E-state index < -0.39 is 15.8 Å². The zero-order chi connectivity index (χ0) is 14.0. The number of nitrogens with zero attached hydrogens (tertiary/aromatic N) is 2. The number of hydrogen-bond donors (Lipinski definition) is 1. The van der Waals surface area contributed by atoms with Crippen molar-refractivity contribution in [3.05, 3.63) is 16.1 Å². The van der Waals surface area contributed by atoms with Crippen LogP contribution >= 0.6 is 11.3 Å². The lowest BCUT2D eigenvalue weighted by atomic mass is 10.2. The number of hydrogen-bond acceptors (Lipinski definition) is 6. The van der Waals surface area contributed by atoms with Crippen LogP contribution < -0.4 is 0 Å². The fourth-order valence-electron chi connectivity index (χ4n) is 2.24. The first-order chi connectivity index (χ1) is 8.85. The molecule has 1 saturated heterocycles. The van der Waals surface area contributed by atoms with E-state index in [1.165, 1.54) is 11.3 Å². The molecule has 8 heteroatoms. The molecule has 1 aliphatic rings. The predicted octanol–water partition coefficient (Wildman–Crippen LogP) is 0.525. The summed E-state index contributed by atoms with van der Waals surface area (Å²) in [6.07, 6.45) is 0.499. The number of sulfone groups is 1.